The van der Waals surface area contributed by atoms with Crippen LogP contribution in [0.15, 0.2) is 30.7 Å². The van der Waals surface area contributed by atoms with Crippen LogP contribution in [0.5, 0.6) is 0 Å². The van der Waals surface area contributed by atoms with Gasteiger partial charge in [0.05, 0.1) is 0 Å². The Hall–Kier alpha value is -1.68. The highest BCUT2D eigenvalue weighted by atomic mass is 35.5. The molecule has 2 aromatic rings. The average molecular weight is 235 g/mol. The first-order valence-corrected chi connectivity index (χ1v) is 5.25. The fourth-order valence-electron chi connectivity index (χ4n) is 1.29. The Morgan fingerprint density at radius 2 is 2.06 bits per heavy atom. The van der Waals surface area contributed by atoms with Gasteiger partial charge in [0.2, 0.25) is 5.28 Å². The number of rotatable bonds is 3. The first-order valence-electron chi connectivity index (χ1n) is 4.87. The number of nitrogens with one attached hydrogen (secondary N) is 1. The van der Waals surface area contributed by atoms with Gasteiger partial charge in [0.25, 0.3) is 0 Å². The topological polar surface area (TPSA) is 50.7 Å². The minimum atomic E-state index is 0.253. The molecule has 0 spiro atoms. The van der Waals surface area contributed by atoms with Crippen molar-refractivity contribution in [1.82, 2.24) is 15.0 Å². The fourth-order valence-corrected chi connectivity index (χ4v) is 1.42. The van der Waals surface area contributed by atoms with Crippen LogP contribution in [0, 0.1) is 6.92 Å². The second kappa shape index (κ2) is 4.90. The number of hydrogen-bond acceptors (Lipinski definition) is 4. The number of aryl methyl sites for hydroxylation is 1. The molecule has 0 aliphatic rings. The summed E-state index contributed by atoms with van der Waals surface area (Å²) in [5.41, 5.74) is 2.11. The molecule has 0 unspecified atom stereocenters. The first kappa shape index (κ1) is 10.8. The molecule has 0 saturated carbocycles. The van der Waals surface area contributed by atoms with Crippen LogP contribution < -0.4 is 5.32 Å². The van der Waals surface area contributed by atoms with E-state index in [1.807, 2.05) is 19.1 Å². The maximum atomic E-state index is 5.73. The van der Waals surface area contributed by atoms with Crippen molar-refractivity contribution in [3.63, 3.8) is 0 Å². The molecule has 4 nitrogen and oxygen atoms in total. The standard InChI is InChI=1S/C11H11ClN4/c1-8-6-15-11(12)16-10(8)14-7-9-2-4-13-5-3-9/h2-6H,7H2,1H3,(H,14,15,16). The molecule has 0 fully saturated rings. The molecule has 0 radical (unpaired) electrons. The van der Waals surface area contributed by atoms with Crippen molar-refractivity contribution in [2.75, 3.05) is 5.32 Å². The van der Waals surface area contributed by atoms with Crippen molar-refractivity contribution < 1.29 is 0 Å². The van der Waals surface area contributed by atoms with Gasteiger partial charge in [-0.15, -0.1) is 0 Å². The molecule has 0 bridgehead atoms. The molecule has 0 atom stereocenters. The Morgan fingerprint density at radius 3 is 2.81 bits per heavy atom. The molecule has 2 aromatic heterocycles. The third-order valence-corrected chi connectivity index (χ3v) is 2.33. The monoisotopic (exact) mass is 234 g/mol. The SMILES string of the molecule is Cc1cnc(Cl)nc1NCc1ccncc1. The molecule has 0 aromatic carbocycles. The highest BCUT2D eigenvalue weighted by Crippen LogP contribution is 2.13. The van der Waals surface area contributed by atoms with E-state index in [2.05, 4.69) is 20.3 Å². The second-order valence-electron chi connectivity index (χ2n) is 3.38. The van der Waals surface area contributed by atoms with Crippen molar-refractivity contribution >= 4 is 17.4 Å². The molecule has 1 N–H and O–H groups in total. The number of nitrogens with zero attached hydrogens (tertiary/aromatic N) is 3. The van der Waals surface area contributed by atoms with Crippen LogP contribution in [0.4, 0.5) is 5.82 Å². The summed E-state index contributed by atoms with van der Waals surface area (Å²) in [6.45, 7) is 2.63. The minimum Gasteiger partial charge on any atom is -0.366 e. The van der Waals surface area contributed by atoms with Crippen molar-refractivity contribution in [2.24, 2.45) is 0 Å². The average Bonchev–Trinajstić information content (AvgIpc) is 2.32. The van der Waals surface area contributed by atoms with Crippen LogP contribution in [0.3, 0.4) is 0 Å². The Morgan fingerprint density at radius 1 is 1.31 bits per heavy atom. The van der Waals surface area contributed by atoms with Gasteiger partial charge in [-0.1, -0.05) is 0 Å². The van der Waals surface area contributed by atoms with Gasteiger partial charge in [-0.25, -0.2) is 9.97 Å². The molecule has 5 heteroatoms. The third kappa shape index (κ3) is 2.67. The van der Waals surface area contributed by atoms with E-state index >= 15 is 0 Å². The summed E-state index contributed by atoms with van der Waals surface area (Å²) in [6, 6.07) is 3.90. The fraction of sp³-hybridized carbons (Fsp3) is 0.182. The molecule has 16 heavy (non-hydrogen) atoms. The van der Waals surface area contributed by atoms with Gasteiger partial charge in [0, 0.05) is 30.7 Å². The quantitative estimate of drug-likeness (QED) is 0.829. The summed E-state index contributed by atoms with van der Waals surface area (Å²) in [6.07, 6.45) is 5.22. The van der Waals surface area contributed by atoms with Gasteiger partial charge in [-0.05, 0) is 36.2 Å². The Labute approximate surface area is 98.7 Å². The predicted octanol–water partition coefficient (Wildman–Crippen LogP) is 2.45. The van der Waals surface area contributed by atoms with Crippen LogP contribution >= 0.6 is 11.6 Å². The third-order valence-electron chi connectivity index (χ3n) is 2.15. The number of pyridine rings is 1. The van der Waals surface area contributed by atoms with Crippen LogP contribution in [0.2, 0.25) is 5.28 Å². The van der Waals surface area contributed by atoms with E-state index in [0.29, 0.717) is 6.54 Å². The van der Waals surface area contributed by atoms with Crippen LogP contribution in [0.1, 0.15) is 11.1 Å². The largest absolute Gasteiger partial charge is 0.366 e. The molecule has 0 amide bonds. The molecule has 2 heterocycles. The van der Waals surface area contributed by atoms with Crippen molar-refractivity contribution in [3.05, 3.63) is 47.1 Å². The zero-order valence-corrected chi connectivity index (χ0v) is 9.57. The van der Waals surface area contributed by atoms with Crippen molar-refractivity contribution in [2.45, 2.75) is 13.5 Å². The smallest absolute Gasteiger partial charge is 0.224 e. The zero-order chi connectivity index (χ0) is 11.4. The van der Waals surface area contributed by atoms with Crippen molar-refractivity contribution in [1.29, 1.82) is 0 Å². The first-order chi connectivity index (χ1) is 7.75. The maximum absolute atomic E-state index is 5.73. The van der Waals surface area contributed by atoms with Gasteiger partial charge in [0.1, 0.15) is 5.82 Å². The lowest BCUT2D eigenvalue weighted by molar-refractivity contribution is 1.05. The Bertz CT molecular complexity index is 473. The van der Waals surface area contributed by atoms with E-state index < -0.39 is 0 Å². The van der Waals surface area contributed by atoms with E-state index in [1.165, 1.54) is 0 Å². The van der Waals surface area contributed by atoms with Crippen molar-refractivity contribution in [3.8, 4) is 0 Å². The summed E-state index contributed by atoms with van der Waals surface area (Å²) in [7, 11) is 0. The highest BCUT2D eigenvalue weighted by Gasteiger charge is 2.01. The van der Waals surface area contributed by atoms with Gasteiger partial charge in [-0.3, -0.25) is 4.98 Å². The van der Waals surface area contributed by atoms with Crippen LogP contribution in [-0.2, 0) is 6.54 Å². The zero-order valence-electron chi connectivity index (χ0n) is 8.81. The van der Waals surface area contributed by atoms with Crippen LogP contribution in [0.25, 0.3) is 0 Å². The summed E-state index contributed by atoms with van der Waals surface area (Å²) in [5, 5.41) is 3.46. The molecule has 0 aliphatic heterocycles. The summed E-state index contributed by atoms with van der Waals surface area (Å²) in [4.78, 5) is 12.0. The lowest BCUT2D eigenvalue weighted by Gasteiger charge is -2.07. The van der Waals surface area contributed by atoms with Gasteiger partial charge in [-0.2, -0.15) is 0 Å². The second-order valence-corrected chi connectivity index (χ2v) is 3.72. The number of halogens is 1. The summed E-state index contributed by atoms with van der Waals surface area (Å²) in [5.74, 6) is 0.761. The van der Waals surface area contributed by atoms with Crippen LogP contribution in [-0.4, -0.2) is 15.0 Å². The lowest BCUT2D eigenvalue weighted by atomic mass is 10.2. The summed E-state index contributed by atoms with van der Waals surface area (Å²) < 4.78 is 0. The summed E-state index contributed by atoms with van der Waals surface area (Å²) >= 11 is 5.73. The van der Waals surface area contributed by atoms with E-state index in [4.69, 9.17) is 11.6 Å². The molecular weight excluding hydrogens is 224 g/mol. The van der Waals surface area contributed by atoms with Gasteiger partial charge < -0.3 is 5.32 Å². The maximum Gasteiger partial charge on any atom is 0.224 e. The van der Waals surface area contributed by atoms with Gasteiger partial charge in [0.15, 0.2) is 0 Å². The van der Waals surface area contributed by atoms with E-state index in [0.717, 1.165) is 16.9 Å². The highest BCUT2D eigenvalue weighted by molar-refractivity contribution is 6.28. The number of anilines is 1. The lowest BCUT2D eigenvalue weighted by Crippen LogP contribution is -2.04. The van der Waals surface area contributed by atoms with Gasteiger partial charge >= 0.3 is 0 Å². The Balaban J connectivity index is 2.08. The Kier molecular flexibility index (Phi) is 3.31. The molecule has 0 saturated heterocycles. The van der Waals surface area contributed by atoms with E-state index in [-0.39, 0.29) is 5.28 Å². The number of aromatic nitrogens is 3. The molecule has 82 valence electrons. The predicted molar refractivity (Wildman–Crippen MR) is 63.3 cm³/mol. The minimum absolute atomic E-state index is 0.253. The molecular formula is C11H11ClN4. The molecule has 2 rings (SSSR count). The van der Waals surface area contributed by atoms with E-state index in [1.54, 1.807) is 18.6 Å². The molecule has 0 aliphatic carbocycles. The van der Waals surface area contributed by atoms with E-state index in [9.17, 15) is 0 Å². The number of hydrogen-bond donors (Lipinski definition) is 1. The normalized spacial score (nSPS) is 10.1.